The van der Waals surface area contributed by atoms with Crippen molar-refractivity contribution in [1.82, 2.24) is 5.32 Å². The van der Waals surface area contributed by atoms with E-state index in [4.69, 9.17) is 5.73 Å². The van der Waals surface area contributed by atoms with Crippen molar-refractivity contribution in [2.24, 2.45) is 5.73 Å². The van der Waals surface area contributed by atoms with Crippen LogP contribution in [0.5, 0.6) is 0 Å². The second kappa shape index (κ2) is 3.92. The zero-order valence-corrected chi connectivity index (χ0v) is 7.68. The van der Waals surface area contributed by atoms with E-state index in [0.29, 0.717) is 3.92 Å². The van der Waals surface area contributed by atoms with Gasteiger partial charge in [0.05, 0.1) is 0 Å². The van der Waals surface area contributed by atoms with Crippen molar-refractivity contribution in [1.29, 1.82) is 0 Å². The number of halogens is 1. The monoisotopic (exact) mass is 242 g/mol. The van der Waals surface area contributed by atoms with Crippen LogP contribution < -0.4 is 11.1 Å². The topological polar surface area (TPSA) is 55.1 Å². The molecule has 0 radical (unpaired) electrons. The van der Waals surface area contributed by atoms with Gasteiger partial charge in [-0.15, -0.1) is 0 Å². The van der Waals surface area contributed by atoms with Gasteiger partial charge in [0, 0.05) is 9.97 Å². The Morgan fingerprint density at radius 3 is 2.22 bits per heavy atom. The largest absolute Gasteiger partial charge is 0.352 e. The van der Waals surface area contributed by atoms with Gasteiger partial charge in [-0.05, 0) is 6.92 Å². The molecule has 9 heavy (non-hydrogen) atoms. The van der Waals surface area contributed by atoms with E-state index in [9.17, 15) is 4.79 Å². The first-order valence-corrected chi connectivity index (χ1v) is 3.98. The maximum absolute atomic E-state index is 10.2. The van der Waals surface area contributed by atoms with Crippen molar-refractivity contribution < 1.29 is 4.79 Å². The molecule has 0 fully saturated rings. The van der Waals surface area contributed by atoms with Crippen LogP contribution in [0.3, 0.4) is 0 Å². The standard InChI is InChI=1S/C5H11IN2O/c1-3(6)4(2)8-5(7)9/h3-4H,1-2H3,(H3,7,8,9). The predicted molar refractivity (Wildman–Crippen MR) is 45.7 cm³/mol. The molecule has 2 unspecified atom stereocenters. The molecule has 0 aromatic heterocycles. The Balaban J connectivity index is 3.50. The Hall–Kier alpha value is 0. The van der Waals surface area contributed by atoms with E-state index in [1.54, 1.807) is 0 Å². The third-order valence-corrected chi connectivity index (χ3v) is 2.14. The summed E-state index contributed by atoms with van der Waals surface area (Å²) in [5.41, 5.74) is 4.88. The summed E-state index contributed by atoms with van der Waals surface area (Å²) in [6.07, 6.45) is 0. The van der Waals surface area contributed by atoms with Gasteiger partial charge in [0.1, 0.15) is 0 Å². The predicted octanol–water partition coefficient (Wildman–Crippen LogP) is 0.867. The highest BCUT2D eigenvalue weighted by Gasteiger charge is 2.08. The average molecular weight is 242 g/mol. The second-order valence-electron chi connectivity index (χ2n) is 1.97. The Morgan fingerprint density at radius 1 is 1.67 bits per heavy atom. The fraction of sp³-hybridized carbons (Fsp3) is 0.800. The number of nitrogens with two attached hydrogens (primary N) is 1. The second-order valence-corrected chi connectivity index (χ2v) is 3.94. The number of carbonyl (C=O) groups is 1. The first kappa shape index (κ1) is 9.00. The summed E-state index contributed by atoms with van der Waals surface area (Å²) in [6.45, 7) is 3.93. The van der Waals surface area contributed by atoms with Crippen LogP contribution in [0.25, 0.3) is 0 Å². The van der Waals surface area contributed by atoms with E-state index in [1.807, 2.05) is 13.8 Å². The first-order valence-electron chi connectivity index (χ1n) is 2.74. The summed E-state index contributed by atoms with van der Waals surface area (Å²) in [5.74, 6) is 0. The number of hydrogen-bond acceptors (Lipinski definition) is 1. The lowest BCUT2D eigenvalue weighted by molar-refractivity contribution is 0.246. The Labute approximate surface area is 68.5 Å². The third kappa shape index (κ3) is 4.50. The number of carbonyl (C=O) groups excluding carboxylic acids is 1. The maximum atomic E-state index is 10.2. The molecule has 54 valence electrons. The lowest BCUT2D eigenvalue weighted by Gasteiger charge is -2.13. The summed E-state index contributed by atoms with van der Waals surface area (Å²) in [4.78, 5) is 10.2. The Kier molecular flexibility index (Phi) is 3.92. The quantitative estimate of drug-likeness (QED) is 0.547. The summed E-state index contributed by atoms with van der Waals surface area (Å²) < 4.78 is 0.412. The van der Waals surface area contributed by atoms with E-state index in [-0.39, 0.29) is 6.04 Å². The SMILES string of the molecule is CC(I)C(C)NC(N)=O. The molecule has 0 spiro atoms. The molecular formula is C5H11IN2O. The lowest BCUT2D eigenvalue weighted by atomic mass is 10.3. The molecule has 2 amide bonds. The number of urea groups is 1. The molecule has 2 atom stereocenters. The highest BCUT2D eigenvalue weighted by Crippen LogP contribution is 2.03. The molecule has 4 heteroatoms. The molecule has 0 aliphatic heterocycles. The molecule has 0 saturated heterocycles. The van der Waals surface area contributed by atoms with Crippen molar-refractivity contribution in [3.63, 3.8) is 0 Å². The van der Waals surface area contributed by atoms with Crippen LogP contribution in [0, 0.1) is 0 Å². The number of nitrogens with one attached hydrogen (secondary N) is 1. The van der Waals surface area contributed by atoms with Crippen molar-refractivity contribution >= 4 is 28.6 Å². The van der Waals surface area contributed by atoms with Gasteiger partial charge in [0.25, 0.3) is 0 Å². The summed E-state index contributed by atoms with van der Waals surface area (Å²) in [6, 6.07) is -0.297. The van der Waals surface area contributed by atoms with Crippen LogP contribution >= 0.6 is 22.6 Å². The van der Waals surface area contributed by atoms with Gasteiger partial charge in [0.15, 0.2) is 0 Å². The molecule has 0 bridgehead atoms. The molecule has 0 aliphatic carbocycles. The van der Waals surface area contributed by atoms with Gasteiger partial charge in [-0.3, -0.25) is 0 Å². The zero-order chi connectivity index (χ0) is 7.44. The summed E-state index contributed by atoms with van der Waals surface area (Å²) in [7, 11) is 0. The molecule has 0 aromatic rings. The number of primary amides is 1. The molecule has 0 aliphatic rings. The smallest absolute Gasteiger partial charge is 0.312 e. The number of alkyl halides is 1. The summed E-state index contributed by atoms with van der Waals surface area (Å²) >= 11 is 2.23. The van der Waals surface area contributed by atoms with E-state index < -0.39 is 6.03 Å². The zero-order valence-electron chi connectivity index (χ0n) is 5.52. The third-order valence-electron chi connectivity index (χ3n) is 1.06. The molecule has 0 aromatic carbocycles. The van der Waals surface area contributed by atoms with Gasteiger partial charge in [-0.25, -0.2) is 4.79 Å². The van der Waals surface area contributed by atoms with E-state index >= 15 is 0 Å². The van der Waals surface area contributed by atoms with Crippen LogP contribution in [-0.4, -0.2) is 16.0 Å². The molecule has 3 N–H and O–H groups in total. The molecule has 0 heterocycles. The minimum absolute atomic E-state index is 0.156. The van der Waals surface area contributed by atoms with Crippen LogP contribution in [0.15, 0.2) is 0 Å². The van der Waals surface area contributed by atoms with Gasteiger partial charge >= 0.3 is 6.03 Å². The Morgan fingerprint density at radius 2 is 2.11 bits per heavy atom. The van der Waals surface area contributed by atoms with Crippen LogP contribution in [-0.2, 0) is 0 Å². The molecular weight excluding hydrogens is 231 g/mol. The van der Waals surface area contributed by atoms with Gasteiger partial charge in [0.2, 0.25) is 0 Å². The average Bonchev–Trinajstić information content (AvgIpc) is 1.63. The van der Waals surface area contributed by atoms with Crippen LogP contribution in [0.2, 0.25) is 0 Å². The first-order chi connectivity index (χ1) is 4.04. The number of amides is 2. The Bertz CT molecular complexity index is 105. The minimum atomic E-state index is -0.453. The lowest BCUT2D eigenvalue weighted by Crippen LogP contribution is -2.40. The van der Waals surface area contributed by atoms with Crippen LogP contribution in [0.4, 0.5) is 4.79 Å². The van der Waals surface area contributed by atoms with Crippen molar-refractivity contribution in [3.8, 4) is 0 Å². The van der Waals surface area contributed by atoms with Crippen molar-refractivity contribution in [3.05, 3.63) is 0 Å². The van der Waals surface area contributed by atoms with Gasteiger partial charge < -0.3 is 11.1 Å². The molecule has 0 saturated carbocycles. The fourth-order valence-corrected chi connectivity index (χ4v) is 0.519. The van der Waals surface area contributed by atoms with E-state index in [2.05, 4.69) is 27.9 Å². The van der Waals surface area contributed by atoms with E-state index in [1.165, 1.54) is 0 Å². The highest BCUT2D eigenvalue weighted by atomic mass is 127. The van der Waals surface area contributed by atoms with E-state index in [0.717, 1.165) is 0 Å². The molecule has 3 nitrogen and oxygen atoms in total. The number of hydrogen-bond donors (Lipinski definition) is 2. The minimum Gasteiger partial charge on any atom is -0.352 e. The fourth-order valence-electron chi connectivity index (χ4n) is 0.339. The number of rotatable bonds is 2. The van der Waals surface area contributed by atoms with Crippen molar-refractivity contribution in [2.75, 3.05) is 0 Å². The highest BCUT2D eigenvalue weighted by molar-refractivity contribution is 14.1. The van der Waals surface area contributed by atoms with Gasteiger partial charge in [-0.1, -0.05) is 29.5 Å². The summed E-state index contributed by atoms with van der Waals surface area (Å²) in [5, 5.41) is 2.57. The molecule has 0 rings (SSSR count). The van der Waals surface area contributed by atoms with Gasteiger partial charge in [-0.2, -0.15) is 0 Å². The van der Waals surface area contributed by atoms with Crippen molar-refractivity contribution in [2.45, 2.75) is 23.8 Å². The van der Waals surface area contributed by atoms with Crippen LogP contribution in [0.1, 0.15) is 13.8 Å². The normalized spacial score (nSPS) is 16.3. The maximum Gasteiger partial charge on any atom is 0.312 e.